The van der Waals surface area contributed by atoms with Crippen molar-refractivity contribution in [2.75, 3.05) is 10.6 Å². The van der Waals surface area contributed by atoms with E-state index >= 15 is 0 Å². The van der Waals surface area contributed by atoms with E-state index in [9.17, 15) is 22.8 Å². The minimum atomic E-state index is -4.50. The number of carbonyl (C=O) groups is 2. The zero-order valence-electron chi connectivity index (χ0n) is 20.6. The number of tetrazole rings is 1. The van der Waals surface area contributed by atoms with Gasteiger partial charge in [-0.05, 0) is 65.4 Å². The Morgan fingerprint density at radius 1 is 0.878 bits per heavy atom. The van der Waals surface area contributed by atoms with E-state index in [0.29, 0.717) is 32.4 Å². The summed E-state index contributed by atoms with van der Waals surface area (Å²) in [4.78, 5) is 25.7. The van der Waals surface area contributed by atoms with Crippen LogP contribution in [0.3, 0.4) is 0 Å². The monoisotopic (exact) mass is 600 g/mol. The lowest BCUT2D eigenvalue weighted by atomic mass is 10.1. The normalized spacial score (nSPS) is 11.3. The van der Waals surface area contributed by atoms with Crippen LogP contribution in [0.5, 0.6) is 0 Å². The van der Waals surface area contributed by atoms with Crippen molar-refractivity contribution >= 4 is 46.7 Å². The molecule has 5 aromatic rings. The van der Waals surface area contributed by atoms with Gasteiger partial charge in [0.15, 0.2) is 0 Å². The summed E-state index contributed by atoms with van der Waals surface area (Å²) in [6, 6.07) is 17.0. The maximum absolute atomic E-state index is 13.3. The molecule has 0 fully saturated rings. The summed E-state index contributed by atoms with van der Waals surface area (Å²) in [5.74, 6) is -1.02. The molecule has 0 atom stereocenters. The SMILES string of the molecule is O=C(Nc1nn[nH]n1)c1ccc(Cn2nc(-c3ccc(Cl)c(Cl)c3)cc2C(=O)Nc2ccc(C(F)(F)F)cc2)cc1. The molecule has 0 bridgehead atoms. The summed E-state index contributed by atoms with van der Waals surface area (Å²) in [6.45, 7) is 0.129. The number of H-pyrrole nitrogens is 1. The molecule has 0 spiro atoms. The standard InChI is InChI=1S/C26H17Cl2F3N8O2/c27-19-10-5-16(11-20(19)28)21-12-22(24(41)32-18-8-6-17(7-9-18)26(29,30)31)39(36-21)13-14-1-3-15(4-2-14)23(40)33-25-34-37-38-35-25/h1-12H,13H2,(H,32,41)(H2,33,34,35,37,38,40). The van der Waals surface area contributed by atoms with Gasteiger partial charge in [0.2, 0.25) is 0 Å². The lowest BCUT2D eigenvalue weighted by Crippen LogP contribution is -2.18. The maximum atomic E-state index is 13.3. The van der Waals surface area contributed by atoms with Gasteiger partial charge >= 0.3 is 6.18 Å². The Kier molecular flexibility index (Phi) is 7.72. The predicted molar refractivity (Wildman–Crippen MR) is 145 cm³/mol. The van der Waals surface area contributed by atoms with Crippen molar-refractivity contribution in [3.63, 3.8) is 0 Å². The Morgan fingerprint density at radius 2 is 1.61 bits per heavy atom. The van der Waals surface area contributed by atoms with Gasteiger partial charge in [-0.15, -0.1) is 5.10 Å². The second-order valence-electron chi connectivity index (χ2n) is 8.62. The van der Waals surface area contributed by atoms with Crippen LogP contribution in [-0.4, -0.2) is 42.2 Å². The number of halogens is 5. The van der Waals surface area contributed by atoms with Crippen LogP contribution in [0.1, 0.15) is 32.0 Å². The predicted octanol–water partition coefficient (Wildman–Crippen LogP) is 5.94. The fourth-order valence-electron chi connectivity index (χ4n) is 3.78. The lowest BCUT2D eigenvalue weighted by molar-refractivity contribution is -0.137. The minimum Gasteiger partial charge on any atom is -0.321 e. The largest absolute Gasteiger partial charge is 0.416 e. The molecule has 15 heteroatoms. The highest BCUT2D eigenvalue weighted by molar-refractivity contribution is 6.42. The number of nitrogens with zero attached hydrogens (tertiary/aromatic N) is 5. The van der Waals surface area contributed by atoms with Gasteiger partial charge in [0.1, 0.15) is 5.69 Å². The quantitative estimate of drug-likeness (QED) is 0.212. The van der Waals surface area contributed by atoms with Crippen molar-refractivity contribution < 1.29 is 22.8 Å². The number of anilines is 2. The second kappa shape index (κ2) is 11.4. The topological polar surface area (TPSA) is 130 Å². The first-order valence-electron chi connectivity index (χ1n) is 11.7. The van der Waals surface area contributed by atoms with Crippen LogP contribution >= 0.6 is 23.2 Å². The minimum absolute atomic E-state index is 0.0224. The van der Waals surface area contributed by atoms with Crippen LogP contribution in [0, 0.1) is 0 Å². The number of amides is 2. The molecule has 0 aliphatic rings. The third kappa shape index (κ3) is 6.53. The van der Waals surface area contributed by atoms with Gasteiger partial charge in [-0.1, -0.05) is 46.5 Å². The fourth-order valence-corrected chi connectivity index (χ4v) is 4.08. The van der Waals surface area contributed by atoms with Crippen LogP contribution in [-0.2, 0) is 12.7 Å². The molecule has 0 saturated heterocycles. The summed E-state index contributed by atoms with van der Waals surface area (Å²) in [7, 11) is 0. The number of alkyl halides is 3. The van der Waals surface area contributed by atoms with E-state index in [2.05, 4.69) is 36.4 Å². The molecule has 2 aromatic heterocycles. The van der Waals surface area contributed by atoms with Gasteiger partial charge in [-0.2, -0.15) is 23.5 Å². The van der Waals surface area contributed by atoms with Crippen molar-refractivity contribution in [2.24, 2.45) is 0 Å². The molecule has 0 unspecified atom stereocenters. The molecular formula is C26H17Cl2F3N8O2. The van der Waals surface area contributed by atoms with Crippen LogP contribution in [0.4, 0.5) is 24.8 Å². The van der Waals surface area contributed by atoms with E-state index in [4.69, 9.17) is 23.2 Å². The molecule has 3 aromatic carbocycles. The number of hydrogen-bond acceptors (Lipinski definition) is 6. The molecule has 0 saturated carbocycles. The summed E-state index contributed by atoms with van der Waals surface area (Å²) in [5, 5.41) is 23.2. The first kappa shape index (κ1) is 27.8. The number of rotatable bonds is 7. The van der Waals surface area contributed by atoms with Crippen molar-refractivity contribution in [2.45, 2.75) is 12.7 Å². The van der Waals surface area contributed by atoms with Crippen LogP contribution in [0.2, 0.25) is 10.0 Å². The Morgan fingerprint density at radius 3 is 2.24 bits per heavy atom. The van der Waals surface area contributed by atoms with E-state index in [1.165, 1.54) is 22.9 Å². The van der Waals surface area contributed by atoms with Crippen molar-refractivity contribution in [1.29, 1.82) is 0 Å². The second-order valence-corrected chi connectivity index (χ2v) is 9.43. The summed E-state index contributed by atoms with van der Waals surface area (Å²) in [6.07, 6.45) is -4.50. The van der Waals surface area contributed by atoms with Crippen LogP contribution in [0.15, 0.2) is 72.8 Å². The molecule has 2 heterocycles. The van der Waals surface area contributed by atoms with E-state index in [1.54, 1.807) is 42.5 Å². The molecule has 10 nitrogen and oxygen atoms in total. The Labute approximate surface area is 239 Å². The average Bonchev–Trinajstić information content (AvgIpc) is 3.61. The van der Waals surface area contributed by atoms with Crippen molar-refractivity contribution in [3.8, 4) is 11.3 Å². The number of hydrogen-bond donors (Lipinski definition) is 3. The van der Waals surface area contributed by atoms with Crippen LogP contribution < -0.4 is 10.6 Å². The smallest absolute Gasteiger partial charge is 0.321 e. The zero-order valence-corrected chi connectivity index (χ0v) is 22.1. The van der Waals surface area contributed by atoms with Gasteiger partial charge < -0.3 is 5.32 Å². The molecule has 41 heavy (non-hydrogen) atoms. The first-order valence-corrected chi connectivity index (χ1v) is 12.5. The van der Waals surface area contributed by atoms with Gasteiger partial charge in [0.05, 0.1) is 27.8 Å². The number of aromatic nitrogens is 6. The number of benzene rings is 3. The lowest BCUT2D eigenvalue weighted by Gasteiger charge is -2.10. The third-order valence-electron chi connectivity index (χ3n) is 5.82. The van der Waals surface area contributed by atoms with E-state index < -0.39 is 23.6 Å². The maximum Gasteiger partial charge on any atom is 0.416 e. The zero-order chi connectivity index (χ0) is 29.1. The Bertz CT molecular complexity index is 1700. The van der Waals surface area contributed by atoms with Crippen LogP contribution in [0.25, 0.3) is 11.3 Å². The Hall–Kier alpha value is -4.75. The van der Waals surface area contributed by atoms with Gasteiger partial charge in [-0.25, -0.2) is 0 Å². The number of carbonyl (C=O) groups excluding carboxylic acids is 2. The highest BCUT2D eigenvalue weighted by Gasteiger charge is 2.30. The van der Waals surface area contributed by atoms with E-state index in [1.807, 2.05) is 0 Å². The molecule has 5 rings (SSSR count). The van der Waals surface area contributed by atoms with Gasteiger partial charge in [0.25, 0.3) is 17.8 Å². The number of aromatic amines is 1. The summed E-state index contributed by atoms with van der Waals surface area (Å²) >= 11 is 12.2. The summed E-state index contributed by atoms with van der Waals surface area (Å²) in [5.41, 5.74) is 1.50. The molecule has 2 amide bonds. The van der Waals surface area contributed by atoms with E-state index in [-0.39, 0.29) is 23.9 Å². The van der Waals surface area contributed by atoms with E-state index in [0.717, 1.165) is 12.1 Å². The molecule has 0 radical (unpaired) electrons. The molecule has 0 aliphatic carbocycles. The fraction of sp³-hybridized carbons (Fsp3) is 0.0769. The van der Waals surface area contributed by atoms with Gasteiger partial charge in [0, 0.05) is 16.8 Å². The molecular weight excluding hydrogens is 584 g/mol. The summed E-state index contributed by atoms with van der Waals surface area (Å²) < 4.78 is 40.2. The van der Waals surface area contributed by atoms with Crippen molar-refractivity contribution in [1.82, 2.24) is 30.4 Å². The highest BCUT2D eigenvalue weighted by Crippen LogP contribution is 2.31. The molecule has 0 aliphatic heterocycles. The van der Waals surface area contributed by atoms with Crippen molar-refractivity contribution in [3.05, 3.63) is 105 Å². The van der Waals surface area contributed by atoms with Gasteiger partial charge in [-0.3, -0.25) is 19.6 Å². The molecule has 3 N–H and O–H groups in total. The molecule has 208 valence electrons. The average molecular weight is 601 g/mol. The first-order chi connectivity index (χ1) is 19.6. The Balaban J connectivity index is 1.41. The third-order valence-corrected chi connectivity index (χ3v) is 6.56. The highest BCUT2D eigenvalue weighted by atomic mass is 35.5. The number of nitrogens with one attached hydrogen (secondary N) is 3.